The van der Waals surface area contributed by atoms with Crippen molar-refractivity contribution < 1.29 is 48.8 Å². The fourth-order valence-corrected chi connectivity index (χ4v) is 2.87. The van der Waals surface area contributed by atoms with Crippen molar-refractivity contribution in [2.45, 2.75) is 57.8 Å². The molecule has 1 aromatic rings. The number of carboxylic acids is 3. The number of carbonyl (C=O) groups is 6. The van der Waals surface area contributed by atoms with Crippen LogP contribution in [0.15, 0.2) is 30.3 Å². The van der Waals surface area contributed by atoms with E-state index in [1.807, 2.05) is 0 Å². The van der Waals surface area contributed by atoms with Crippen LogP contribution < -0.4 is 16.0 Å². The number of hydrogen-bond acceptors (Lipinski definition) is 7. The Balaban J connectivity index is 2.89. The molecule has 1 aromatic carbocycles. The van der Waals surface area contributed by atoms with Gasteiger partial charge in [0, 0.05) is 6.42 Å². The molecule has 6 N–H and O–H groups in total. The molecular formula is C22H29N3O10. The van der Waals surface area contributed by atoms with Crippen LogP contribution in [0.25, 0.3) is 0 Å². The van der Waals surface area contributed by atoms with Crippen LogP contribution in [0.1, 0.15) is 38.7 Å². The normalized spacial score (nSPS) is 13.1. The fourth-order valence-electron chi connectivity index (χ4n) is 2.87. The highest BCUT2D eigenvalue weighted by Crippen LogP contribution is 2.07. The van der Waals surface area contributed by atoms with Crippen LogP contribution in [-0.2, 0) is 35.3 Å². The van der Waals surface area contributed by atoms with Crippen molar-refractivity contribution in [2.75, 3.05) is 0 Å². The van der Waals surface area contributed by atoms with Gasteiger partial charge in [0.25, 0.3) is 0 Å². The van der Waals surface area contributed by atoms with Gasteiger partial charge in [-0.2, -0.15) is 0 Å². The third kappa shape index (κ3) is 11.0. The van der Waals surface area contributed by atoms with Crippen molar-refractivity contribution in [3.63, 3.8) is 0 Å². The largest absolute Gasteiger partial charge is 0.481 e. The van der Waals surface area contributed by atoms with Gasteiger partial charge in [0.15, 0.2) is 0 Å². The Morgan fingerprint density at radius 1 is 0.829 bits per heavy atom. The van der Waals surface area contributed by atoms with E-state index in [2.05, 4.69) is 16.0 Å². The molecule has 1 rings (SSSR count). The highest BCUT2D eigenvalue weighted by atomic mass is 16.5. The zero-order valence-corrected chi connectivity index (χ0v) is 19.2. The van der Waals surface area contributed by atoms with E-state index >= 15 is 0 Å². The van der Waals surface area contributed by atoms with Crippen molar-refractivity contribution >= 4 is 35.8 Å². The number of nitrogens with one attached hydrogen (secondary N) is 3. The van der Waals surface area contributed by atoms with E-state index in [0.29, 0.717) is 5.56 Å². The van der Waals surface area contributed by atoms with Gasteiger partial charge in [-0.1, -0.05) is 44.2 Å². The minimum atomic E-state index is -1.73. The van der Waals surface area contributed by atoms with E-state index in [0.717, 1.165) is 0 Å². The summed E-state index contributed by atoms with van der Waals surface area (Å²) in [5, 5.41) is 33.6. The van der Waals surface area contributed by atoms with Crippen LogP contribution in [0.5, 0.6) is 0 Å². The highest BCUT2D eigenvalue weighted by molar-refractivity contribution is 5.94. The van der Waals surface area contributed by atoms with Gasteiger partial charge < -0.3 is 36.0 Å². The summed E-state index contributed by atoms with van der Waals surface area (Å²) in [5.41, 5.74) is 0.681. The summed E-state index contributed by atoms with van der Waals surface area (Å²) < 4.78 is 5.05. The Labute approximate surface area is 200 Å². The maximum Gasteiger partial charge on any atom is 0.408 e. The summed E-state index contributed by atoms with van der Waals surface area (Å²) in [5.74, 6) is -6.67. The van der Waals surface area contributed by atoms with E-state index in [1.54, 1.807) is 44.2 Å². The lowest BCUT2D eigenvalue weighted by Crippen LogP contribution is -2.57. The average Bonchev–Trinajstić information content (AvgIpc) is 2.78. The van der Waals surface area contributed by atoms with E-state index in [9.17, 15) is 28.8 Å². The predicted octanol–water partition coefficient (Wildman–Crippen LogP) is 0.331. The van der Waals surface area contributed by atoms with E-state index in [-0.39, 0.29) is 13.0 Å². The molecule has 0 aliphatic rings. The minimum Gasteiger partial charge on any atom is -0.481 e. The number of carboxylic acid groups (broad SMARTS) is 3. The van der Waals surface area contributed by atoms with Crippen LogP contribution in [0, 0.1) is 5.92 Å². The highest BCUT2D eigenvalue weighted by Gasteiger charge is 2.32. The standard InChI is InChI=1S/C22H29N3O10/c1-12(2)18(20(31)23-15(21(32)33)10-17(28)29)25-19(30)14(8-9-16(26)27)24-22(34)35-11-13-6-4-3-5-7-13/h3-7,12,14-15,18H,8-11H2,1-2H3,(H,23,31)(H,24,34)(H,25,30)(H,26,27)(H,28,29)(H,32,33)/t14-,15-,18-/m0/s1. The third-order valence-corrected chi connectivity index (χ3v) is 4.71. The van der Waals surface area contributed by atoms with Crippen molar-refractivity contribution in [3.8, 4) is 0 Å². The van der Waals surface area contributed by atoms with Crippen LogP contribution >= 0.6 is 0 Å². The fraction of sp³-hybridized carbons (Fsp3) is 0.455. The Morgan fingerprint density at radius 3 is 1.97 bits per heavy atom. The van der Waals surface area contributed by atoms with Crippen LogP contribution in [0.2, 0.25) is 0 Å². The van der Waals surface area contributed by atoms with E-state index in [1.165, 1.54) is 0 Å². The molecule has 0 fully saturated rings. The summed E-state index contributed by atoms with van der Waals surface area (Å²) in [7, 11) is 0. The lowest BCUT2D eigenvalue weighted by Gasteiger charge is -2.26. The van der Waals surface area contributed by atoms with Gasteiger partial charge >= 0.3 is 24.0 Å². The third-order valence-electron chi connectivity index (χ3n) is 4.71. The Morgan fingerprint density at radius 2 is 1.46 bits per heavy atom. The number of amides is 3. The summed E-state index contributed by atoms with van der Waals surface area (Å²) in [4.78, 5) is 70.7. The number of rotatable bonds is 14. The van der Waals surface area contributed by atoms with Gasteiger partial charge in [0.05, 0.1) is 6.42 Å². The SMILES string of the molecule is CC(C)[C@H](NC(=O)[C@H](CCC(=O)O)NC(=O)OCc1ccccc1)C(=O)N[C@@H](CC(=O)O)C(=O)O. The molecular weight excluding hydrogens is 466 g/mol. The van der Waals surface area contributed by atoms with Crippen molar-refractivity contribution in [1.29, 1.82) is 0 Å². The average molecular weight is 495 g/mol. The second kappa shape index (κ2) is 14.2. The number of carbonyl (C=O) groups excluding carboxylic acids is 3. The smallest absolute Gasteiger partial charge is 0.408 e. The molecule has 13 nitrogen and oxygen atoms in total. The maximum atomic E-state index is 12.8. The van der Waals surface area contributed by atoms with Crippen LogP contribution in [-0.4, -0.2) is 69.3 Å². The number of benzene rings is 1. The molecule has 3 atom stereocenters. The number of aliphatic carboxylic acids is 3. The summed E-state index contributed by atoms with van der Waals surface area (Å²) in [6.07, 6.45) is -2.66. The number of ether oxygens (including phenoxy) is 1. The van der Waals surface area contributed by atoms with Crippen molar-refractivity contribution in [3.05, 3.63) is 35.9 Å². The predicted molar refractivity (Wildman–Crippen MR) is 119 cm³/mol. The lowest BCUT2D eigenvalue weighted by atomic mass is 10.0. The van der Waals surface area contributed by atoms with Gasteiger partial charge in [-0.05, 0) is 17.9 Å². The molecule has 0 spiro atoms. The molecule has 0 saturated heterocycles. The van der Waals surface area contributed by atoms with E-state index < -0.39 is 72.7 Å². The molecule has 0 heterocycles. The molecule has 0 radical (unpaired) electrons. The first-order valence-corrected chi connectivity index (χ1v) is 10.6. The summed E-state index contributed by atoms with van der Waals surface area (Å²) in [6.45, 7) is 2.99. The van der Waals surface area contributed by atoms with Gasteiger partial charge in [-0.25, -0.2) is 9.59 Å². The van der Waals surface area contributed by atoms with Gasteiger partial charge in [-0.15, -0.1) is 0 Å². The molecule has 3 amide bonds. The molecule has 192 valence electrons. The summed E-state index contributed by atoms with van der Waals surface area (Å²) >= 11 is 0. The maximum absolute atomic E-state index is 12.8. The summed E-state index contributed by atoms with van der Waals surface area (Å²) in [6, 6.07) is 4.27. The lowest BCUT2D eigenvalue weighted by molar-refractivity contribution is -0.147. The molecule has 0 aliphatic heterocycles. The van der Waals surface area contributed by atoms with E-state index in [4.69, 9.17) is 20.1 Å². The molecule has 0 bridgehead atoms. The number of alkyl carbamates (subject to hydrolysis) is 1. The van der Waals surface area contributed by atoms with Crippen molar-refractivity contribution in [2.24, 2.45) is 5.92 Å². The molecule has 0 aromatic heterocycles. The first-order valence-electron chi connectivity index (χ1n) is 10.6. The van der Waals surface area contributed by atoms with Crippen molar-refractivity contribution in [1.82, 2.24) is 16.0 Å². The molecule has 0 unspecified atom stereocenters. The van der Waals surface area contributed by atoms with Gasteiger partial charge in [0.1, 0.15) is 24.7 Å². The molecule has 0 aliphatic carbocycles. The molecule has 35 heavy (non-hydrogen) atoms. The second-order valence-corrected chi connectivity index (χ2v) is 7.92. The first-order chi connectivity index (χ1) is 16.4. The Hall–Kier alpha value is -4.16. The minimum absolute atomic E-state index is 0.100. The molecule has 13 heteroatoms. The number of hydrogen-bond donors (Lipinski definition) is 6. The first kappa shape index (κ1) is 28.9. The monoisotopic (exact) mass is 495 g/mol. The van der Waals surface area contributed by atoms with Gasteiger partial charge in [0.2, 0.25) is 11.8 Å². The van der Waals surface area contributed by atoms with Crippen LogP contribution in [0.4, 0.5) is 4.79 Å². The molecule has 0 saturated carbocycles. The van der Waals surface area contributed by atoms with Crippen LogP contribution in [0.3, 0.4) is 0 Å². The zero-order chi connectivity index (χ0) is 26.5. The second-order valence-electron chi connectivity index (χ2n) is 7.92. The Bertz CT molecular complexity index is 919. The topological polar surface area (TPSA) is 208 Å². The quantitative estimate of drug-likeness (QED) is 0.208. The zero-order valence-electron chi connectivity index (χ0n) is 19.2. The Kier molecular flexibility index (Phi) is 11.7. The van der Waals surface area contributed by atoms with Gasteiger partial charge in [-0.3, -0.25) is 19.2 Å².